The second-order valence-electron chi connectivity index (χ2n) is 3.63. The van der Waals surface area contributed by atoms with Gasteiger partial charge in [-0.05, 0) is 12.3 Å². The Morgan fingerprint density at radius 2 is 2.31 bits per heavy atom. The number of benzene rings is 1. The van der Waals surface area contributed by atoms with Gasteiger partial charge >= 0.3 is 0 Å². The fourth-order valence-corrected chi connectivity index (χ4v) is 2.36. The number of thioether (sulfide) groups is 1. The zero-order valence-corrected chi connectivity index (χ0v) is 10.0. The number of carbonyl (C=O) groups is 1. The van der Waals surface area contributed by atoms with Crippen molar-refractivity contribution in [2.45, 2.75) is 11.0 Å². The zero-order valence-electron chi connectivity index (χ0n) is 9.23. The molecule has 1 saturated heterocycles. The molecule has 1 aliphatic heterocycles. The van der Waals surface area contributed by atoms with E-state index in [0.29, 0.717) is 13.2 Å². The maximum absolute atomic E-state index is 12.2. The van der Waals surface area contributed by atoms with Crippen molar-refractivity contribution >= 4 is 17.5 Å². The van der Waals surface area contributed by atoms with Crippen LogP contribution in [0.5, 0.6) is 0 Å². The van der Waals surface area contributed by atoms with Crippen LogP contribution in [0.3, 0.4) is 0 Å². The Morgan fingerprint density at radius 3 is 3.00 bits per heavy atom. The van der Waals surface area contributed by atoms with Crippen molar-refractivity contribution in [3.8, 4) is 0 Å². The van der Waals surface area contributed by atoms with E-state index in [4.69, 9.17) is 4.74 Å². The first-order valence-corrected chi connectivity index (χ1v) is 6.55. The van der Waals surface area contributed by atoms with Crippen molar-refractivity contribution in [2.75, 3.05) is 26.0 Å². The highest BCUT2D eigenvalue weighted by Gasteiger charge is 2.24. The molecule has 0 aliphatic carbocycles. The lowest BCUT2D eigenvalue weighted by Crippen LogP contribution is -2.43. The van der Waals surface area contributed by atoms with E-state index in [1.54, 1.807) is 11.8 Å². The quantitative estimate of drug-likeness (QED) is 0.640. The Labute approximate surface area is 99.6 Å². The third-order valence-electron chi connectivity index (χ3n) is 2.59. The second kappa shape index (κ2) is 5.48. The van der Waals surface area contributed by atoms with Gasteiger partial charge in [-0.3, -0.25) is 4.79 Å². The summed E-state index contributed by atoms with van der Waals surface area (Å²) in [5.74, 6) is 0.0807. The smallest absolute Gasteiger partial charge is 0.193 e. The van der Waals surface area contributed by atoms with E-state index >= 15 is 0 Å². The number of nitrogens with one attached hydrogen (secondary N) is 1. The van der Waals surface area contributed by atoms with Crippen molar-refractivity contribution in [3.63, 3.8) is 0 Å². The number of ketones is 1. The van der Waals surface area contributed by atoms with Crippen LogP contribution in [-0.4, -0.2) is 37.8 Å². The highest BCUT2D eigenvalue weighted by molar-refractivity contribution is 7.98. The van der Waals surface area contributed by atoms with E-state index in [9.17, 15) is 4.79 Å². The summed E-state index contributed by atoms with van der Waals surface area (Å²) in [6, 6.07) is 7.67. The molecule has 1 atom stereocenters. The van der Waals surface area contributed by atoms with Gasteiger partial charge in [-0.15, -0.1) is 11.8 Å². The van der Waals surface area contributed by atoms with Gasteiger partial charge in [0.25, 0.3) is 0 Å². The van der Waals surface area contributed by atoms with Crippen molar-refractivity contribution in [2.24, 2.45) is 0 Å². The molecule has 0 amide bonds. The molecule has 0 spiro atoms. The zero-order chi connectivity index (χ0) is 11.4. The lowest BCUT2D eigenvalue weighted by Gasteiger charge is -2.23. The molecule has 0 bridgehead atoms. The molecule has 1 aromatic carbocycles. The van der Waals surface area contributed by atoms with Gasteiger partial charge in [-0.25, -0.2) is 0 Å². The van der Waals surface area contributed by atoms with Gasteiger partial charge < -0.3 is 10.1 Å². The lowest BCUT2D eigenvalue weighted by atomic mass is 10.1. The molecule has 4 heteroatoms. The molecule has 1 aromatic rings. The van der Waals surface area contributed by atoms with Gasteiger partial charge in [0.15, 0.2) is 5.78 Å². The van der Waals surface area contributed by atoms with Crippen LogP contribution in [0.25, 0.3) is 0 Å². The van der Waals surface area contributed by atoms with E-state index in [-0.39, 0.29) is 11.9 Å². The van der Waals surface area contributed by atoms with Crippen LogP contribution in [0.4, 0.5) is 0 Å². The number of carbonyl (C=O) groups excluding carboxylic acids is 1. The molecular formula is C12H15NO2S. The molecule has 16 heavy (non-hydrogen) atoms. The van der Waals surface area contributed by atoms with Crippen LogP contribution in [0.15, 0.2) is 29.2 Å². The second-order valence-corrected chi connectivity index (χ2v) is 4.48. The number of rotatable bonds is 3. The third kappa shape index (κ3) is 2.45. The normalized spacial score (nSPS) is 20.7. The minimum absolute atomic E-state index is 0.0807. The number of morpholine rings is 1. The summed E-state index contributed by atoms with van der Waals surface area (Å²) in [5.41, 5.74) is 0.767. The van der Waals surface area contributed by atoms with Crippen LogP contribution >= 0.6 is 11.8 Å². The Balaban J connectivity index is 2.19. The van der Waals surface area contributed by atoms with Gasteiger partial charge in [-0.2, -0.15) is 0 Å². The van der Waals surface area contributed by atoms with Gasteiger partial charge in [0.05, 0.1) is 6.61 Å². The number of hydrogen-bond donors (Lipinski definition) is 1. The van der Waals surface area contributed by atoms with Crippen LogP contribution in [0.1, 0.15) is 10.4 Å². The lowest BCUT2D eigenvalue weighted by molar-refractivity contribution is 0.0267. The molecule has 1 N–H and O–H groups in total. The number of hydrogen-bond acceptors (Lipinski definition) is 4. The molecule has 1 aliphatic rings. The molecular weight excluding hydrogens is 222 g/mol. The fourth-order valence-electron chi connectivity index (χ4n) is 1.76. The van der Waals surface area contributed by atoms with Crippen LogP contribution in [0.2, 0.25) is 0 Å². The average Bonchev–Trinajstić information content (AvgIpc) is 2.39. The first-order valence-electron chi connectivity index (χ1n) is 5.32. The summed E-state index contributed by atoms with van der Waals surface area (Å²) >= 11 is 1.59. The van der Waals surface area contributed by atoms with E-state index in [1.807, 2.05) is 30.5 Å². The minimum atomic E-state index is -0.331. The first kappa shape index (κ1) is 11.6. The summed E-state index contributed by atoms with van der Waals surface area (Å²) in [7, 11) is 0. The van der Waals surface area contributed by atoms with E-state index in [2.05, 4.69) is 5.32 Å². The maximum Gasteiger partial charge on any atom is 0.193 e. The molecule has 0 saturated carbocycles. The first-order chi connectivity index (χ1) is 7.83. The SMILES string of the molecule is CSc1ccccc1C(=O)C1CNCCO1. The van der Waals surface area contributed by atoms with Crippen LogP contribution in [-0.2, 0) is 4.74 Å². The van der Waals surface area contributed by atoms with E-state index in [1.165, 1.54) is 0 Å². The Bertz CT molecular complexity index is 375. The largest absolute Gasteiger partial charge is 0.367 e. The minimum Gasteiger partial charge on any atom is -0.367 e. The topological polar surface area (TPSA) is 38.3 Å². The highest BCUT2D eigenvalue weighted by Crippen LogP contribution is 2.22. The fraction of sp³-hybridized carbons (Fsp3) is 0.417. The Kier molecular flexibility index (Phi) is 3.98. The maximum atomic E-state index is 12.2. The molecule has 0 radical (unpaired) electrons. The average molecular weight is 237 g/mol. The molecule has 86 valence electrons. The van der Waals surface area contributed by atoms with Gasteiger partial charge in [0.2, 0.25) is 0 Å². The standard InChI is InChI=1S/C12H15NO2S/c1-16-11-5-3-2-4-9(11)12(14)10-8-13-6-7-15-10/h2-5,10,13H,6-8H2,1H3. The molecule has 1 fully saturated rings. The summed E-state index contributed by atoms with van der Waals surface area (Å²) < 4.78 is 5.47. The highest BCUT2D eigenvalue weighted by atomic mass is 32.2. The number of Topliss-reactive ketones (excluding diaryl/α,β-unsaturated/α-hetero) is 1. The Morgan fingerprint density at radius 1 is 1.50 bits per heavy atom. The monoisotopic (exact) mass is 237 g/mol. The van der Waals surface area contributed by atoms with E-state index in [0.717, 1.165) is 17.0 Å². The third-order valence-corrected chi connectivity index (χ3v) is 3.39. The molecule has 0 aromatic heterocycles. The summed E-state index contributed by atoms with van der Waals surface area (Å²) in [4.78, 5) is 13.2. The Hall–Kier alpha value is -0.840. The molecule has 2 rings (SSSR count). The molecule has 1 heterocycles. The molecule has 1 unspecified atom stereocenters. The van der Waals surface area contributed by atoms with E-state index < -0.39 is 0 Å². The molecule has 3 nitrogen and oxygen atoms in total. The van der Waals surface area contributed by atoms with Gasteiger partial charge in [0.1, 0.15) is 6.10 Å². The van der Waals surface area contributed by atoms with Gasteiger partial charge in [-0.1, -0.05) is 18.2 Å². The van der Waals surface area contributed by atoms with Crippen molar-refractivity contribution in [1.82, 2.24) is 5.32 Å². The summed E-state index contributed by atoms with van der Waals surface area (Å²) in [6.45, 7) is 2.05. The summed E-state index contributed by atoms with van der Waals surface area (Å²) in [6.07, 6.45) is 1.65. The van der Waals surface area contributed by atoms with Crippen molar-refractivity contribution in [3.05, 3.63) is 29.8 Å². The van der Waals surface area contributed by atoms with Crippen molar-refractivity contribution < 1.29 is 9.53 Å². The van der Waals surface area contributed by atoms with Crippen molar-refractivity contribution in [1.29, 1.82) is 0 Å². The predicted molar refractivity (Wildman–Crippen MR) is 65.2 cm³/mol. The van der Waals surface area contributed by atoms with Gasteiger partial charge in [0, 0.05) is 23.5 Å². The van der Waals surface area contributed by atoms with Crippen LogP contribution in [0, 0.1) is 0 Å². The van der Waals surface area contributed by atoms with Crippen LogP contribution < -0.4 is 5.32 Å². The number of ether oxygens (including phenoxy) is 1. The predicted octanol–water partition coefficient (Wildman–Crippen LogP) is 1.58. The summed E-state index contributed by atoms with van der Waals surface area (Å²) in [5, 5.41) is 3.17.